The molecule has 0 unspecified atom stereocenters. The zero-order valence-corrected chi connectivity index (χ0v) is 15.6. The van der Waals surface area contributed by atoms with Crippen LogP contribution < -0.4 is 5.32 Å². The number of carbonyl (C=O) groups is 1. The van der Waals surface area contributed by atoms with Crippen LogP contribution in [-0.4, -0.2) is 30.5 Å². The molecule has 0 radical (unpaired) electrons. The van der Waals surface area contributed by atoms with Crippen LogP contribution in [0.2, 0.25) is 0 Å². The highest BCUT2D eigenvalue weighted by molar-refractivity contribution is 14.1. The van der Waals surface area contributed by atoms with E-state index in [1.165, 1.54) is 17.1 Å². The zero-order chi connectivity index (χ0) is 17.8. The molecule has 0 aliphatic heterocycles. The summed E-state index contributed by atoms with van der Waals surface area (Å²) in [5.74, 6) is -0.297. The lowest BCUT2D eigenvalue weighted by Gasteiger charge is -2.04. The summed E-state index contributed by atoms with van der Waals surface area (Å²) in [6.45, 7) is 2.69. The quantitative estimate of drug-likeness (QED) is 0.581. The van der Waals surface area contributed by atoms with Gasteiger partial charge in [-0.3, -0.25) is 14.8 Å². The Labute approximate surface area is 157 Å². The maximum atomic E-state index is 13.6. The molecule has 0 spiro atoms. The molecule has 9 heteroatoms. The van der Waals surface area contributed by atoms with Crippen molar-refractivity contribution in [1.29, 1.82) is 0 Å². The highest BCUT2D eigenvalue weighted by Crippen LogP contribution is 2.11. The van der Waals surface area contributed by atoms with E-state index < -0.39 is 0 Å². The van der Waals surface area contributed by atoms with Gasteiger partial charge in [-0.2, -0.15) is 5.10 Å². The summed E-state index contributed by atoms with van der Waals surface area (Å²) in [7, 11) is 0. The van der Waals surface area contributed by atoms with Crippen LogP contribution in [-0.2, 0) is 17.9 Å². The number of aromatic nitrogens is 5. The van der Waals surface area contributed by atoms with E-state index in [-0.39, 0.29) is 30.6 Å². The van der Waals surface area contributed by atoms with Gasteiger partial charge in [-0.15, -0.1) is 5.10 Å². The van der Waals surface area contributed by atoms with Crippen LogP contribution in [0.5, 0.6) is 0 Å². The fourth-order valence-electron chi connectivity index (χ4n) is 2.27. The highest BCUT2D eigenvalue weighted by atomic mass is 127. The number of hydrogen-bond donors (Lipinski definition) is 1. The molecule has 2 heterocycles. The van der Waals surface area contributed by atoms with Crippen LogP contribution in [0.15, 0.2) is 36.8 Å². The highest BCUT2D eigenvalue weighted by Gasteiger charge is 2.10. The second-order valence-electron chi connectivity index (χ2n) is 5.46. The van der Waals surface area contributed by atoms with E-state index in [0.717, 1.165) is 9.26 Å². The van der Waals surface area contributed by atoms with Gasteiger partial charge in [0.15, 0.2) is 0 Å². The van der Waals surface area contributed by atoms with Crippen molar-refractivity contribution in [2.24, 2.45) is 0 Å². The minimum Gasteiger partial charge on any atom is -0.293 e. The standard InChI is InChI=1S/C16H16FIN6O/c1-11-14(18)8-20-24(11)7-6-15(25)21-16-19-10-23(22-16)9-12-4-2-3-5-13(12)17/h2-5,8,10H,6-7,9H2,1H3,(H,21,22,25). The van der Waals surface area contributed by atoms with Gasteiger partial charge in [0.2, 0.25) is 11.9 Å². The van der Waals surface area contributed by atoms with Crippen molar-refractivity contribution in [3.63, 3.8) is 0 Å². The van der Waals surface area contributed by atoms with Crippen molar-refractivity contribution in [2.45, 2.75) is 26.4 Å². The third-order valence-electron chi connectivity index (χ3n) is 3.67. The number of benzene rings is 1. The van der Waals surface area contributed by atoms with E-state index >= 15 is 0 Å². The number of nitrogens with zero attached hydrogens (tertiary/aromatic N) is 5. The lowest BCUT2D eigenvalue weighted by molar-refractivity contribution is -0.116. The Bertz CT molecular complexity index is 890. The maximum absolute atomic E-state index is 13.6. The Hall–Kier alpha value is -2.30. The summed E-state index contributed by atoms with van der Waals surface area (Å²) in [5.41, 5.74) is 1.54. The van der Waals surface area contributed by atoms with E-state index in [9.17, 15) is 9.18 Å². The van der Waals surface area contributed by atoms with Gasteiger partial charge in [-0.25, -0.2) is 14.1 Å². The molecular weight excluding hydrogens is 438 g/mol. The SMILES string of the molecule is Cc1c(I)cnn1CCC(=O)Nc1ncn(Cc2ccccc2F)n1. The van der Waals surface area contributed by atoms with Crippen molar-refractivity contribution < 1.29 is 9.18 Å². The molecule has 0 saturated carbocycles. The van der Waals surface area contributed by atoms with E-state index in [1.807, 2.05) is 6.92 Å². The molecule has 0 atom stereocenters. The third kappa shape index (κ3) is 4.41. The van der Waals surface area contributed by atoms with Crippen LogP contribution in [0, 0.1) is 16.3 Å². The topological polar surface area (TPSA) is 77.6 Å². The van der Waals surface area contributed by atoms with Crippen LogP contribution in [0.1, 0.15) is 17.7 Å². The smallest absolute Gasteiger partial charge is 0.248 e. The molecular formula is C16H16FIN6O. The molecule has 0 fully saturated rings. The molecule has 1 N–H and O–H groups in total. The minimum atomic E-state index is -0.298. The summed E-state index contributed by atoms with van der Waals surface area (Å²) >= 11 is 2.20. The number of amides is 1. The van der Waals surface area contributed by atoms with E-state index in [0.29, 0.717) is 12.1 Å². The Kier molecular flexibility index (Phi) is 5.41. The molecule has 1 amide bonds. The largest absolute Gasteiger partial charge is 0.293 e. The predicted octanol–water partition coefficient (Wildman–Crippen LogP) is 2.60. The third-order valence-corrected chi connectivity index (χ3v) is 4.73. The normalized spacial score (nSPS) is 10.8. The summed E-state index contributed by atoms with van der Waals surface area (Å²) in [6.07, 6.45) is 3.49. The van der Waals surface area contributed by atoms with Crippen molar-refractivity contribution in [3.05, 3.63) is 57.4 Å². The molecule has 130 valence electrons. The molecule has 0 aliphatic rings. The summed E-state index contributed by atoms with van der Waals surface area (Å²) in [5, 5.41) is 11.0. The fraction of sp³-hybridized carbons (Fsp3) is 0.250. The number of aryl methyl sites for hydroxylation is 1. The Balaban J connectivity index is 1.55. The first-order chi connectivity index (χ1) is 12.0. The van der Waals surface area contributed by atoms with Gasteiger partial charge < -0.3 is 0 Å². The molecule has 7 nitrogen and oxygen atoms in total. The lowest BCUT2D eigenvalue weighted by atomic mass is 10.2. The van der Waals surface area contributed by atoms with E-state index in [2.05, 4.69) is 43.1 Å². The molecule has 3 aromatic rings. The fourth-order valence-corrected chi connectivity index (χ4v) is 2.68. The van der Waals surface area contributed by atoms with Crippen molar-refractivity contribution in [2.75, 3.05) is 5.32 Å². The Morgan fingerprint density at radius 2 is 2.16 bits per heavy atom. The van der Waals surface area contributed by atoms with E-state index in [4.69, 9.17) is 0 Å². The number of hydrogen-bond acceptors (Lipinski definition) is 4. The van der Waals surface area contributed by atoms with Crippen molar-refractivity contribution in [1.82, 2.24) is 24.5 Å². The van der Waals surface area contributed by atoms with Gasteiger partial charge in [0.1, 0.15) is 12.1 Å². The van der Waals surface area contributed by atoms with E-state index in [1.54, 1.807) is 29.1 Å². The second-order valence-corrected chi connectivity index (χ2v) is 6.62. The molecule has 25 heavy (non-hydrogen) atoms. The number of halogens is 2. The van der Waals surface area contributed by atoms with Crippen LogP contribution >= 0.6 is 22.6 Å². The predicted molar refractivity (Wildman–Crippen MR) is 98.5 cm³/mol. The first-order valence-electron chi connectivity index (χ1n) is 7.63. The average Bonchev–Trinajstić information content (AvgIpc) is 3.15. The molecule has 2 aromatic heterocycles. The molecule has 0 saturated heterocycles. The first kappa shape index (κ1) is 17.5. The van der Waals surface area contributed by atoms with Gasteiger partial charge in [-0.1, -0.05) is 18.2 Å². The average molecular weight is 454 g/mol. The minimum absolute atomic E-state index is 0.200. The lowest BCUT2D eigenvalue weighted by Crippen LogP contribution is -2.16. The van der Waals surface area contributed by atoms with Crippen LogP contribution in [0.4, 0.5) is 10.3 Å². The second kappa shape index (κ2) is 7.72. The van der Waals surface area contributed by atoms with Crippen molar-refractivity contribution in [3.8, 4) is 0 Å². The zero-order valence-electron chi connectivity index (χ0n) is 13.5. The van der Waals surface area contributed by atoms with Crippen LogP contribution in [0.25, 0.3) is 0 Å². The van der Waals surface area contributed by atoms with Crippen molar-refractivity contribution >= 4 is 34.4 Å². The Morgan fingerprint density at radius 3 is 2.88 bits per heavy atom. The monoisotopic (exact) mass is 454 g/mol. The molecule has 3 rings (SSSR count). The summed E-state index contributed by atoms with van der Waals surface area (Å²) in [4.78, 5) is 16.1. The number of anilines is 1. The molecule has 1 aromatic carbocycles. The Morgan fingerprint density at radius 1 is 1.36 bits per heavy atom. The number of nitrogens with one attached hydrogen (secondary N) is 1. The molecule has 0 aliphatic carbocycles. The van der Waals surface area contributed by atoms with Gasteiger partial charge in [-0.05, 0) is 35.6 Å². The first-order valence-corrected chi connectivity index (χ1v) is 8.71. The maximum Gasteiger partial charge on any atom is 0.248 e. The van der Waals surface area contributed by atoms with Gasteiger partial charge >= 0.3 is 0 Å². The summed E-state index contributed by atoms with van der Waals surface area (Å²) in [6, 6.07) is 6.47. The molecule has 0 bridgehead atoms. The number of carbonyl (C=O) groups excluding carboxylic acids is 1. The number of rotatable bonds is 6. The van der Waals surface area contributed by atoms with Gasteiger partial charge in [0, 0.05) is 17.7 Å². The van der Waals surface area contributed by atoms with Gasteiger partial charge in [0.05, 0.1) is 22.9 Å². The van der Waals surface area contributed by atoms with Crippen LogP contribution in [0.3, 0.4) is 0 Å². The summed E-state index contributed by atoms with van der Waals surface area (Å²) < 4.78 is 18.0. The van der Waals surface area contributed by atoms with Gasteiger partial charge in [0.25, 0.3) is 0 Å².